The molecule has 1 aromatic heterocycles. The topological polar surface area (TPSA) is 66.9 Å². The summed E-state index contributed by atoms with van der Waals surface area (Å²) in [6.45, 7) is 2.03. The molecule has 0 atom stereocenters. The van der Waals surface area contributed by atoms with Crippen LogP contribution in [0.4, 0.5) is 11.5 Å². The van der Waals surface area contributed by atoms with Crippen molar-refractivity contribution in [3.8, 4) is 0 Å². The van der Waals surface area contributed by atoms with Crippen LogP contribution in [0.15, 0.2) is 35.1 Å². The number of aromatic nitrogens is 2. The highest BCUT2D eigenvalue weighted by Gasteiger charge is 2.17. The largest absolute Gasteiger partial charge is 0.348 e. The van der Waals surface area contributed by atoms with E-state index in [2.05, 4.69) is 36.5 Å². The molecule has 0 bridgehead atoms. The van der Waals surface area contributed by atoms with Gasteiger partial charge in [-0.15, -0.1) is 0 Å². The molecule has 2 aromatic rings. The van der Waals surface area contributed by atoms with Crippen LogP contribution >= 0.6 is 15.9 Å². The molecule has 1 saturated carbocycles. The Hall–Kier alpha value is -1.95. The van der Waals surface area contributed by atoms with Crippen molar-refractivity contribution in [2.24, 2.45) is 0 Å². The van der Waals surface area contributed by atoms with Crippen LogP contribution in [0, 0.1) is 6.92 Å². The highest BCUT2D eigenvalue weighted by molar-refractivity contribution is 9.10. The molecular weight excluding hydrogens is 368 g/mol. The molecule has 0 aliphatic heterocycles. The molecule has 0 spiro atoms. The summed E-state index contributed by atoms with van der Waals surface area (Å²) in [7, 11) is 0. The van der Waals surface area contributed by atoms with Gasteiger partial charge < -0.3 is 10.6 Å². The summed E-state index contributed by atoms with van der Waals surface area (Å²) in [5.74, 6) is 0.478. The van der Waals surface area contributed by atoms with Gasteiger partial charge in [-0.25, -0.2) is 9.97 Å². The number of aryl methyl sites for hydroxylation is 1. The zero-order chi connectivity index (χ0) is 16.9. The summed E-state index contributed by atoms with van der Waals surface area (Å²) in [5, 5.41) is 6.24. The minimum atomic E-state index is -0.138. The van der Waals surface area contributed by atoms with Gasteiger partial charge in [-0.3, -0.25) is 4.79 Å². The molecule has 1 aromatic carbocycles. The summed E-state index contributed by atoms with van der Waals surface area (Å²) in [6.07, 6.45) is 8.86. The molecular formula is C18H21BrN4O. The molecule has 0 saturated heterocycles. The Labute approximate surface area is 150 Å². The Morgan fingerprint density at radius 1 is 1.17 bits per heavy atom. The van der Waals surface area contributed by atoms with Crippen molar-refractivity contribution in [3.05, 3.63) is 46.3 Å². The maximum atomic E-state index is 12.2. The Balaban J connectivity index is 1.61. The third-order valence-corrected chi connectivity index (χ3v) is 5.14. The van der Waals surface area contributed by atoms with Gasteiger partial charge >= 0.3 is 0 Å². The Morgan fingerprint density at radius 2 is 1.96 bits per heavy atom. The molecule has 3 rings (SSSR count). The van der Waals surface area contributed by atoms with Crippen LogP contribution in [0.3, 0.4) is 0 Å². The first kappa shape index (κ1) is 16.9. The molecule has 5 nitrogen and oxygen atoms in total. The van der Waals surface area contributed by atoms with E-state index in [1.807, 2.05) is 25.1 Å². The lowest BCUT2D eigenvalue weighted by Gasteiger charge is -2.22. The van der Waals surface area contributed by atoms with Crippen LogP contribution in [0.1, 0.15) is 48.2 Å². The zero-order valence-electron chi connectivity index (χ0n) is 13.7. The van der Waals surface area contributed by atoms with Crippen molar-refractivity contribution in [1.29, 1.82) is 0 Å². The van der Waals surface area contributed by atoms with Crippen LogP contribution in [0.5, 0.6) is 0 Å². The van der Waals surface area contributed by atoms with E-state index in [-0.39, 0.29) is 11.9 Å². The molecule has 0 radical (unpaired) electrons. The van der Waals surface area contributed by atoms with Gasteiger partial charge in [0.05, 0.1) is 12.4 Å². The van der Waals surface area contributed by atoms with Gasteiger partial charge in [0, 0.05) is 16.2 Å². The van der Waals surface area contributed by atoms with Crippen molar-refractivity contribution in [1.82, 2.24) is 15.3 Å². The van der Waals surface area contributed by atoms with E-state index in [1.54, 1.807) is 6.20 Å². The van der Waals surface area contributed by atoms with Gasteiger partial charge in [-0.1, -0.05) is 35.2 Å². The predicted octanol–water partition coefficient (Wildman–Crippen LogP) is 4.35. The number of hydrogen-bond acceptors (Lipinski definition) is 4. The van der Waals surface area contributed by atoms with Crippen molar-refractivity contribution in [2.45, 2.75) is 45.1 Å². The van der Waals surface area contributed by atoms with Crippen LogP contribution in [-0.4, -0.2) is 21.9 Å². The quantitative estimate of drug-likeness (QED) is 0.816. The van der Waals surface area contributed by atoms with Gasteiger partial charge in [0.1, 0.15) is 11.5 Å². The summed E-state index contributed by atoms with van der Waals surface area (Å²) in [6, 6.07) is 6.24. The highest BCUT2D eigenvalue weighted by Crippen LogP contribution is 2.22. The number of amides is 1. The monoisotopic (exact) mass is 388 g/mol. The molecule has 1 aliphatic rings. The van der Waals surface area contributed by atoms with E-state index in [1.165, 1.54) is 25.5 Å². The van der Waals surface area contributed by atoms with E-state index >= 15 is 0 Å². The number of carbonyl (C=O) groups is 1. The number of nitrogens with zero attached hydrogens (tertiary/aromatic N) is 2. The highest BCUT2D eigenvalue weighted by atomic mass is 79.9. The number of rotatable bonds is 4. The van der Waals surface area contributed by atoms with Gasteiger partial charge in [0.15, 0.2) is 0 Å². The van der Waals surface area contributed by atoms with Gasteiger partial charge in [-0.2, -0.15) is 0 Å². The number of benzene rings is 1. The lowest BCUT2D eigenvalue weighted by molar-refractivity contribution is 0.0922. The number of carbonyl (C=O) groups excluding carboxylic acids is 1. The fourth-order valence-corrected chi connectivity index (χ4v) is 3.13. The summed E-state index contributed by atoms with van der Waals surface area (Å²) >= 11 is 3.48. The van der Waals surface area contributed by atoms with Crippen molar-refractivity contribution in [2.75, 3.05) is 5.32 Å². The smallest absolute Gasteiger partial charge is 0.271 e. The molecule has 1 aliphatic carbocycles. The molecule has 2 N–H and O–H groups in total. The van der Waals surface area contributed by atoms with Crippen LogP contribution in [-0.2, 0) is 0 Å². The second kappa shape index (κ2) is 7.75. The maximum Gasteiger partial charge on any atom is 0.271 e. The average Bonchev–Trinajstić information content (AvgIpc) is 2.60. The first-order chi connectivity index (χ1) is 11.6. The third kappa shape index (κ3) is 4.32. The minimum absolute atomic E-state index is 0.138. The fraction of sp³-hybridized carbons (Fsp3) is 0.389. The standard InChI is InChI=1S/C18H21BrN4O/c1-12-9-14(7-8-15(12)19)22-17-11-20-16(10-21-17)18(24)23-13-5-3-2-4-6-13/h7-11,13H,2-6H2,1H3,(H,21,22)(H,23,24). The maximum absolute atomic E-state index is 12.2. The lowest BCUT2D eigenvalue weighted by Crippen LogP contribution is -2.36. The normalized spacial score (nSPS) is 15.1. The first-order valence-electron chi connectivity index (χ1n) is 8.28. The average molecular weight is 389 g/mol. The molecule has 24 heavy (non-hydrogen) atoms. The summed E-state index contributed by atoms with van der Waals surface area (Å²) in [5.41, 5.74) is 2.43. The van der Waals surface area contributed by atoms with Gasteiger partial charge in [0.25, 0.3) is 5.91 Å². The van der Waals surface area contributed by atoms with E-state index in [4.69, 9.17) is 0 Å². The number of hydrogen-bond donors (Lipinski definition) is 2. The Morgan fingerprint density at radius 3 is 2.62 bits per heavy atom. The molecule has 0 unspecified atom stereocenters. The van der Waals surface area contributed by atoms with E-state index in [9.17, 15) is 4.79 Å². The number of halogens is 1. The van der Waals surface area contributed by atoms with Crippen molar-refractivity contribution in [3.63, 3.8) is 0 Å². The zero-order valence-corrected chi connectivity index (χ0v) is 15.3. The molecule has 126 valence electrons. The lowest BCUT2D eigenvalue weighted by atomic mass is 9.95. The van der Waals surface area contributed by atoms with Crippen LogP contribution < -0.4 is 10.6 Å². The molecule has 1 amide bonds. The molecule has 1 fully saturated rings. The van der Waals surface area contributed by atoms with E-state index in [0.717, 1.165) is 28.6 Å². The number of anilines is 2. The number of nitrogens with one attached hydrogen (secondary N) is 2. The second-order valence-corrected chi connectivity index (χ2v) is 7.04. The molecule has 1 heterocycles. The SMILES string of the molecule is Cc1cc(Nc2cnc(C(=O)NC3CCCCC3)cn2)ccc1Br. The summed E-state index contributed by atoms with van der Waals surface area (Å²) < 4.78 is 1.06. The Bertz CT molecular complexity index is 711. The van der Waals surface area contributed by atoms with Crippen molar-refractivity contribution < 1.29 is 4.79 Å². The molecule has 6 heteroatoms. The van der Waals surface area contributed by atoms with Crippen LogP contribution in [0.2, 0.25) is 0 Å². The second-order valence-electron chi connectivity index (χ2n) is 6.18. The predicted molar refractivity (Wildman–Crippen MR) is 98.5 cm³/mol. The van der Waals surface area contributed by atoms with Crippen molar-refractivity contribution >= 4 is 33.3 Å². The van der Waals surface area contributed by atoms with E-state index < -0.39 is 0 Å². The Kier molecular flexibility index (Phi) is 5.45. The van der Waals surface area contributed by atoms with Crippen LogP contribution in [0.25, 0.3) is 0 Å². The minimum Gasteiger partial charge on any atom is -0.348 e. The fourth-order valence-electron chi connectivity index (χ4n) is 2.89. The van der Waals surface area contributed by atoms with E-state index in [0.29, 0.717) is 11.5 Å². The first-order valence-corrected chi connectivity index (χ1v) is 9.07. The third-order valence-electron chi connectivity index (χ3n) is 4.26. The van der Waals surface area contributed by atoms with Gasteiger partial charge in [-0.05, 0) is 43.5 Å². The van der Waals surface area contributed by atoms with Gasteiger partial charge in [0.2, 0.25) is 0 Å². The summed E-state index contributed by atoms with van der Waals surface area (Å²) in [4.78, 5) is 20.8.